The molecule has 1 heterocycles. The van der Waals surface area contributed by atoms with Gasteiger partial charge in [0.15, 0.2) is 5.75 Å². The molecule has 0 radical (unpaired) electrons. The van der Waals surface area contributed by atoms with Gasteiger partial charge in [0.05, 0.1) is 22.9 Å². The van der Waals surface area contributed by atoms with Gasteiger partial charge in [-0.05, 0) is 40.2 Å². The van der Waals surface area contributed by atoms with Crippen LogP contribution < -0.4 is 4.74 Å². The highest BCUT2D eigenvalue weighted by Crippen LogP contribution is 2.37. The van der Waals surface area contributed by atoms with Crippen molar-refractivity contribution in [2.24, 2.45) is 0 Å². The van der Waals surface area contributed by atoms with Crippen LogP contribution in [0.15, 0.2) is 39.4 Å². The van der Waals surface area contributed by atoms with Gasteiger partial charge in [-0.15, -0.1) is 0 Å². The summed E-state index contributed by atoms with van der Waals surface area (Å²) in [5.41, 5.74) is 0.915. The molecule has 0 unspecified atom stereocenters. The maximum Gasteiger partial charge on any atom is 0.151 e. The van der Waals surface area contributed by atoms with Crippen molar-refractivity contribution >= 4 is 27.5 Å². The summed E-state index contributed by atoms with van der Waals surface area (Å²) in [6.07, 6.45) is 1.63. The second-order valence-electron chi connectivity index (χ2n) is 2.95. The zero-order valence-electron chi connectivity index (χ0n) is 7.96. The van der Waals surface area contributed by atoms with Gasteiger partial charge in [-0.3, -0.25) is 0 Å². The lowest BCUT2D eigenvalue weighted by atomic mass is 10.2. The summed E-state index contributed by atoms with van der Waals surface area (Å²) in [5, 5.41) is 0.554. The molecule has 0 bridgehead atoms. The van der Waals surface area contributed by atoms with E-state index in [2.05, 4.69) is 15.9 Å². The summed E-state index contributed by atoms with van der Waals surface area (Å²) in [7, 11) is 1.58. The number of ether oxygens (including phenoxy) is 1. The average molecular weight is 288 g/mol. The SMILES string of the molecule is COc1c(Cl)cc(-c2ccco2)cc1Br. The quantitative estimate of drug-likeness (QED) is 0.818. The van der Waals surface area contributed by atoms with E-state index < -0.39 is 0 Å². The molecule has 2 aromatic rings. The zero-order chi connectivity index (χ0) is 10.8. The Morgan fingerprint density at radius 1 is 1.40 bits per heavy atom. The van der Waals surface area contributed by atoms with Gasteiger partial charge in [-0.2, -0.15) is 0 Å². The molecule has 0 aliphatic carbocycles. The van der Waals surface area contributed by atoms with Crippen LogP contribution in [0.1, 0.15) is 0 Å². The molecule has 0 aliphatic rings. The minimum absolute atomic E-state index is 0.554. The van der Waals surface area contributed by atoms with Crippen LogP contribution in [0.25, 0.3) is 11.3 Å². The molecule has 1 aromatic heterocycles. The van der Waals surface area contributed by atoms with Gasteiger partial charge in [-0.1, -0.05) is 11.6 Å². The van der Waals surface area contributed by atoms with Gasteiger partial charge in [-0.25, -0.2) is 0 Å². The third kappa shape index (κ3) is 2.03. The Morgan fingerprint density at radius 3 is 2.73 bits per heavy atom. The van der Waals surface area contributed by atoms with Crippen molar-refractivity contribution in [2.75, 3.05) is 7.11 Å². The monoisotopic (exact) mass is 286 g/mol. The van der Waals surface area contributed by atoms with Gasteiger partial charge in [0.1, 0.15) is 5.76 Å². The first-order valence-electron chi connectivity index (χ1n) is 4.29. The Balaban J connectivity index is 2.53. The van der Waals surface area contributed by atoms with E-state index in [9.17, 15) is 0 Å². The maximum absolute atomic E-state index is 6.06. The molecule has 0 amide bonds. The van der Waals surface area contributed by atoms with Gasteiger partial charge >= 0.3 is 0 Å². The van der Waals surface area contributed by atoms with E-state index in [4.69, 9.17) is 20.8 Å². The summed E-state index contributed by atoms with van der Waals surface area (Å²) < 4.78 is 11.2. The van der Waals surface area contributed by atoms with Crippen LogP contribution in [-0.2, 0) is 0 Å². The standard InChI is InChI=1S/C11H8BrClO2/c1-14-11-8(12)5-7(6-9(11)13)10-3-2-4-15-10/h2-6H,1H3. The highest BCUT2D eigenvalue weighted by Gasteiger charge is 2.10. The van der Waals surface area contributed by atoms with Crippen LogP contribution in [0.4, 0.5) is 0 Å². The lowest BCUT2D eigenvalue weighted by molar-refractivity contribution is 0.412. The Kier molecular flexibility index (Phi) is 3.03. The van der Waals surface area contributed by atoms with Crippen molar-refractivity contribution in [1.82, 2.24) is 0 Å². The molecule has 15 heavy (non-hydrogen) atoms. The fourth-order valence-electron chi connectivity index (χ4n) is 1.34. The molecular formula is C11H8BrClO2. The lowest BCUT2D eigenvalue weighted by Gasteiger charge is -2.07. The number of benzene rings is 1. The van der Waals surface area contributed by atoms with Gasteiger partial charge in [0.25, 0.3) is 0 Å². The van der Waals surface area contributed by atoms with Crippen LogP contribution in [0.2, 0.25) is 5.02 Å². The van der Waals surface area contributed by atoms with Crippen molar-refractivity contribution in [3.63, 3.8) is 0 Å². The van der Waals surface area contributed by atoms with Crippen LogP contribution >= 0.6 is 27.5 Å². The number of hydrogen-bond donors (Lipinski definition) is 0. The number of rotatable bonds is 2. The molecule has 2 rings (SSSR count). The van der Waals surface area contributed by atoms with E-state index in [0.29, 0.717) is 10.8 Å². The molecule has 0 fully saturated rings. The molecule has 4 heteroatoms. The summed E-state index contributed by atoms with van der Waals surface area (Å²) in [4.78, 5) is 0. The van der Waals surface area contributed by atoms with E-state index in [1.54, 1.807) is 13.4 Å². The molecule has 0 atom stereocenters. The Bertz CT molecular complexity index is 442. The highest BCUT2D eigenvalue weighted by molar-refractivity contribution is 9.10. The third-order valence-corrected chi connectivity index (χ3v) is 2.88. The Labute approximate surface area is 101 Å². The first kappa shape index (κ1) is 10.6. The maximum atomic E-state index is 6.06. The zero-order valence-corrected chi connectivity index (χ0v) is 10.3. The topological polar surface area (TPSA) is 22.4 Å². The molecular weight excluding hydrogens is 279 g/mol. The van der Waals surface area contributed by atoms with E-state index in [0.717, 1.165) is 15.8 Å². The minimum Gasteiger partial charge on any atom is -0.494 e. The van der Waals surface area contributed by atoms with E-state index in [1.807, 2.05) is 24.3 Å². The van der Waals surface area contributed by atoms with E-state index in [1.165, 1.54) is 0 Å². The first-order valence-corrected chi connectivity index (χ1v) is 5.46. The number of hydrogen-bond acceptors (Lipinski definition) is 2. The fraction of sp³-hybridized carbons (Fsp3) is 0.0909. The second kappa shape index (κ2) is 4.29. The number of methoxy groups -OCH3 is 1. The molecule has 0 spiro atoms. The third-order valence-electron chi connectivity index (χ3n) is 2.01. The van der Waals surface area contributed by atoms with Crippen molar-refractivity contribution in [1.29, 1.82) is 0 Å². The second-order valence-corrected chi connectivity index (χ2v) is 4.21. The minimum atomic E-state index is 0.554. The molecule has 0 N–H and O–H groups in total. The van der Waals surface area contributed by atoms with Crippen LogP contribution in [0.5, 0.6) is 5.75 Å². The summed E-state index contributed by atoms with van der Waals surface area (Å²) >= 11 is 9.45. The molecule has 0 saturated carbocycles. The van der Waals surface area contributed by atoms with Crippen LogP contribution in [0, 0.1) is 0 Å². The molecule has 78 valence electrons. The molecule has 1 aromatic carbocycles. The fourth-order valence-corrected chi connectivity index (χ4v) is 2.37. The highest BCUT2D eigenvalue weighted by atomic mass is 79.9. The Morgan fingerprint density at radius 2 is 2.20 bits per heavy atom. The van der Waals surface area contributed by atoms with Crippen molar-refractivity contribution in [3.8, 4) is 17.1 Å². The van der Waals surface area contributed by atoms with E-state index >= 15 is 0 Å². The largest absolute Gasteiger partial charge is 0.494 e. The van der Waals surface area contributed by atoms with Crippen molar-refractivity contribution in [3.05, 3.63) is 40.0 Å². The van der Waals surface area contributed by atoms with Crippen LogP contribution in [-0.4, -0.2) is 7.11 Å². The molecule has 2 nitrogen and oxygen atoms in total. The first-order chi connectivity index (χ1) is 7.22. The summed E-state index contributed by atoms with van der Waals surface area (Å²) in [6.45, 7) is 0. The Hall–Kier alpha value is -0.930. The predicted octanol–water partition coefficient (Wildman–Crippen LogP) is 4.37. The smallest absolute Gasteiger partial charge is 0.151 e. The van der Waals surface area contributed by atoms with Gasteiger partial charge < -0.3 is 9.15 Å². The predicted molar refractivity (Wildman–Crippen MR) is 63.4 cm³/mol. The van der Waals surface area contributed by atoms with E-state index in [-0.39, 0.29) is 0 Å². The lowest BCUT2D eigenvalue weighted by Crippen LogP contribution is -1.86. The normalized spacial score (nSPS) is 10.3. The number of halogens is 2. The summed E-state index contributed by atoms with van der Waals surface area (Å²) in [5.74, 6) is 1.41. The van der Waals surface area contributed by atoms with Crippen LogP contribution in [0.3, 0.4) is 0 Å². The summed E-state index contributed by atoms with van der Waals surface area (Å²) in [6, 6.07) is 7.43. The van der Waals surface area contributed by atoms with Gasteiger partial charge in [0.2, 0.25) is 0 Å². The molecule has 0 saturated heterocycles. The van der Waals surface area contributed by atoms with Crippen molar-refractivity contribution in [2.45, 2.75) is 0 Å². The van der Waals surface area contributed by atoms with Crippen molar-refractivity contribution < 1.29 is 9.15 Å². The number of furan rings is 1. The molecule has 0 aliphatic heterocycles. The van der Waals surface area contributed by atoms with Gasteiger partial charge in [0, 0.05) is 5.56 Å². The average Bonchev–Trinajstić information content (AvgIpc) is 2.69.